The van der Waals surface area contributed by atoms with Crippen molar-refractivity contribution >= 4 is 45.8 Å². The minimum atomic E-state index is -1.17. The van der Waals surface area contributed by atoms with Crippen molar-refractivity contribution in [1.29, 1.82) is 5.26 Å². The van der Waals surface area contributed by atoms with Crippen LogP contribution in [0.1, 0.15) is 12.5 Å². The molecule has 0 aliphatic carbocycles. The van der Waals surface area contributed by atoms with E-state index in [2.05, 4.69) is 5.32 Å². The van der Waals surface area contributed by atoms with Gasteiger partial charge in [0.25, 0.3) is 0 Å². The molecular formula is C11H10ClIN2O3. The van der Waals surface area contributed by atoms with Crippen molar-refractivity contribution < 1.29 is 15.0 Å². The summed E-state index contributed by atoms with van der Waals surface area (Å²) in [7, 11) is 0. The summed E-state index contributed by atoms with van der Waals surface area (Å²) >= 11 is 7.88. The highest BCUT2D eigenvalue weighted by Gasteiger charge is 2.24. The Morgan fingerprint density at radius 3 is 2.67 bits per heavy atom. The molecule has 0 radical (unpaired) electrons. The van der Waals surface area contributed by atoms with E-state index in [4.69, 9.17) is 22.0 Å². The highest BCUT2D eigenvalue weighted by Crippen LogP contribution is 2.30. The highest BCUT2D eigenvalue weighted by molar-refractivity contribution is 14.1. The maximum Gasteiger partial charge on any atom is 0.328 e. The second kappa shape index (κ2) is 6.22. The molecule has 2 atom stereocenters. The van der Waals surface area contributed by atoms with Gasteiger partial charge in [-0.25, -0.2) is 4.79 Å². The zero-order chi connectivity index (χ0) is 13.9. The molecule has 18 heavy (non-hydrogen) atoms. The monoisotopic (exact) mass is 380 g/mol. The third kappa shape index (κ3) is 3.25. The molecule has 0 amide bonds. The number of carboxylic acids is 1. The fraction of sp³-hybridized carbons (Fsp3) is 0.273. The van der Waals surface area contributed by atoms with E-state index in [1.807, 2.05) is 28.7 Å². The number of aliphatic carboxylic acids is 1. The second-order valence-corrected chi connectivity index (χ2v) is 5.06. The topological polar surface area (TPSA) is 93.4 Å². The number of aliphatic hydroxyl groups excluding tert-OH is 1. The average molecular weight is 381 g/mol. The van der Waals surface area contributed by atoms with Gasteiger partial charge in [0.1, 0.15) is 6.07 Å². The molecule has 0 aliphatic rings. The lowest BCUT2D eigenvalue weighted by atomic mass is 10.1. The van der Waals surface area contributed by atoms with E-state index in [1.165, 1.54) is 13.0 Å². The molecule has 0 aromatic heterocycles. The summed E-state index contributed by atoms with van der Waals surface area (Å²) < 4.78 is 0.542. The molecule has 0 fully saturated rings. The Morgan fingerprint density at radius 1 is 1.61 bits per heavy atom. The molecule has 0 bridgehead atoms. The fourth-order valence-corrected chi connectivity index (χ4v) is 2.14. The van der Waals surface area contributed by atoms with Gasteiger partial charge >= 0.3 is 5.97 Å². The lowest BCUT2D eigenvalue weighted by Gasteiger charge is -2.19. The number of hydrogen-bond donors (Lipinski definition) is 3. The van der Waals surface area contributed by atoms with Crippen LogP contribution >= 0.6 is 34.2 Å². The molecule has 0 saturated carbocycles. The van der Waals surface area contributed by atoms with Gasteiger partial charge in [0.15, 0.2) is 6.04 Å². The minimum Gasteiger partial charge on any atom is -0.480 e. The number of nitriles is 1. The van der Waals surface area contributed by atoms with E-state index in [9.17, 15) is 9.90 Å². The highest BCUT2D eigenvalue weighted by atomic mass is 127. The van der Waals surface area contributed by atoms with Crippen molar-refractivity contribution in [2.75, 3.05) is 5.32 Å². The number of halogens is 2. The van der Waals surface area contributed by atoms with Crippen LogP contribution in [0, 0.1) is 14.9 Å². The summed E-state index contributed by atoms with van der Waals surface area (Å²) in [4.78, 5) is 11.0. The third-order valence-corrected chi connectivity index (χ3v) is 4.09. The molecule has 1 aromatic carbocycles. The van der Waals surface area contributed by atoms with Crippen LogP contribution in [0.2, 0.25) is 5.02 Å². The van der Waals surface area contributed by atoms with Gasteiger partial charge in [0.2, 0.25) is 0 Å². The van der Waals surface area contributed by atoms with Crippen LogP contribution in [0.3, 0.4) is 0 Å². The van der Waals surface area contributed by atoms with Gasteiger partial charge in [0, 0.05) is 5.69 Å². The van der Waals surface area contributed by atoms with E-state index in [1.54, 1.807) is 6.07 Å². The Balaban J connectivity index is 3.09. The zero-order valence-electron chi connectivity index (χ0n) is 9.32. The van der Waals surface area contributed by atoms with E-state index < -0.39 is 18.1 Å². The number of carboxylic acid groups (broad SMARTS) is 1. The van der Waals surface area contributed by atoms with Gasteiger partial charge in [-0.2, -0.15) is 5.26 Å². The summed E-state index contributed by atoms with van der Waals surface area (Å²) in [5.41, 5.74) is 0.781. The van der Waals surface area contributed by atoms with Gasteiger partial charge in [-0.15, -0.1) is 0 Å². The molecule has 96 valence electrons. The van der Waals surface area contributed by atoms with Crippen LogP contribution in [0.4, 0.5) is 5.69 Å². The van der Waals surface area contributed by atoms with Gasteiger partial charge < -0.3 is 15.5 Å². The van der Waals surface area contributed by atoms with Crippen LogP contribution in [0.5, 0.6) is 0 Å². The van der Waals surface area contributed by atoms with Crippen LogP contribution in [0.25, 0.3) is 0 Å². The average Bonchev–Trinajstić information content (AvgIpc) is 2.30. The molecule has 0 heterocycles. The van der Waals surface area contributed by atoms with E-state index in [-0.39, 0.29) is 5.02 Å². The quantitative estimate of drug-likeness (QED) is 0.695. The molecule has 1 aromatic rings. The smallest absolute Gasteiger partial charge is 0.328 e. The second-order valence-electron chi connectivity index (χ2n) is 3.60. The van der Waals surface area contributed by atoms with Crippen LogP contribution in [-0.4, -0.2) is 28.3 Å². The number of rotatable bonds is 4. The van der Waals surface area contributed by atoms with Gasteiger partial charge in [0.05, 0.1) is 20.3 Å². The first-order valence-electron chi connectivity index (χ1n) is 4.94. The molecule has 7 heteroatoms. The Bertz CT molecular complexity index is 514. The van der Waals surface area contributed by atoms with E-state index in [0.29, 0.717) is 14.8 Å². The lowest BCUT2D eigenvalue weighted by Crippen LogP contribution is -2.39. The summed E-state index contributed by atoms with van der Waals surface area (Å²) in [5, 5.41) is 30.1. The number of carbonyl (C=O) groups is 1. The first-order valence-corrected chi connectivity index (χ1v) is 6.39. The van der Waals surface area contributed by atoms with Crippen LogP contribution in [-0.2, 0) is 4.79 Å². The van der Waals surface area contributed by atoms with Crippen LogP contribution < -0.4 is 5.32 Å². The van der Waals surface area contributed by atoms with Crippen molar-refractivity contribution in [1.82, 2.24) is 0 Å². The zero-order valence-corrected chi connectivity index (χ0v) is 12.2. The molecule has 0 aliphatic heterocycles. The van der Waals surface area contributed by atoms with Crippen LogP contribution in [0.15, 0.2) is 12.1 Å². The standard InChI is InChI=1S/C11H10ClIN2O3/c1-5(16)10(11(17)18)15-7-3-2-6(4-14)8(12)9(7)13/h2-3,5,10,15-16H,1H3,(H,17,18)/t5-,10+/m0/s1. The maximum absolute atomic E-state index is 11.0. The Morgan fingerprint density at radius 2 is 2.22 bits per heavy atom. The molecular weight excluding hydrogens is 370 g/mol. The van der Waals surface area contributed by atoms with E-state index in [0.717, 1.165) is 0 Å². The Hall–Kier alpha value is -1.04. The Labute approximate surface area is 123 Å². The SMILES string of the molecule is C[C@H](O)[C@@H](Nc1ccc(C#N)c(Cl)c1I)C(=O)O. The predicted molar refractivity (Wildman–Crippen MR) is 75.6 cm³/mol. The molecule has 1 rings (SSSR count). The fourth-order valence-electron chi connectivity index (χ4n) is 1.30. The summed E-state index contributed by atoms with van der Waals surface area (Å²) in [6.07, 6.45) is -1.06. The molecule has 3 N–H and O–H groups in total. The van der Waals surface area contributed by atoms with Crippen molar-refractivity contribution in [2.24, 2.45) is 0 Å². The van der Waals surface area contributed by atoms with Crippen molar-refractivity contribution in [3.05, 3.63) is 26.3 Å². The number of anilines is 1. The molecule has 0 unspecified atom stereocenters. The third-order valence-electron chi connectivity index (χ3n) is 2.26. The first kappa shape index (κ1) is 15.0. The number of nitrogens with zero attached hydrogens (tertiary/aromatic N) is 1. The van der Waals surface area contributed by atoms with Gasteiger partial charge in [-0.3, -0.25) is 0 Å². The molecule has 0 spiro atoms. The normalized spacial score (nSPS) is 13.5. The molecule has 0 saturated heterocycles. The number of hydrogen-bond acceptors (Lipinski definition) is 4. The van der Waals surface area contributed by atoms with Crippen molar-refractivity contribution in [2.45, 2.75) is 19.1 Å². The minimum absolute atomic E-state index is 0.262. The lowest BCUT2D eigenvalue weighted by molar-refractivity contribution is -0.140. The van der Waals surface area contributed by atoms with Crippen molar-refractivity contribution in [3.63, 3.8) is 0 Å². The molecule has 5 nitrogen and oxygen atoms in total. The first-order chi connectivity index (χ1) is 8.38. The summed E-state index contributed by atoms with van der Waals surface area (Å²) in [6.45, 7) is 1.38. The Kier molecular flexibility index (Phi) is 5.19. The summed E-state index contributed by atoms with van der Waals surface area (Å²) in [5.74, 6) is -1.17. The predicted octanol–water partition coefficient (Wildman–Crippen LogP) is 2.06. The van der Waals surface area contributed by atoms with E-state index >= 15 is 0 Å². The number of benzene rings is 1. The van der Waals surface area contributed by atoms with Crippen molar-refractivity contribution in [3.8, 4) is 6.07 Å². The van der Waals surface area contributed by atoms with Gasteiger partial charge in [-0.1, -0.05) is 11.6 Å². The number of aliphatic hydroxyl groups is 1. The van der Waals surface area contributed by atoms with Gasteiger partial charge in [-0.05, 0) is 41.6 Å². The largest absolute Gasteiger partial charge is 0.480 e. The number of nitrogens with one attached hydrogen (secondary N) is 1. The summed E-state index contributed by atoms with van der Waals surface area (Å²) in [6, 6.07) is 3.85. The maximum atomic E-state index is 11.0.